The van der Waals surface area contributed by atoms with Crippen LogP contribution in [0.25, 0.3) is 45.1 Å². The summed E-state index contributed by atoms with van der Waals surface area (Å²) in [6.07, 6.45) is 9.40. The van der Waals surface area contributed by atoms with Gasteiger partial charge < -0.3 is 48.5 Å². The van der Waals surface area contributed by atoms with Crippen molar-refractivity contribution in [2.45, 2.75) is 77.7 Å². The predicted octanol–water partition coefficient (Wildman–Crippen LogP) is 8.14. The van der Waals surface area contributed by atoms with E-state index >= 15 is 0 Å². The van der Waals surface area contributed by atoms with E-state index in [0.29, 0.717) is 91.5 Å². The molecule has 0 bridgehead atoms. The van der Waals surface area contributed by atoms with Gasteiger partial charge in [-0.15, -0.1) is 0 Å². The van der Waals surface area contributed by atoms with Crippen LogP contribution in [0.2, 0.25) is 10.0 Å². The zero-order chi connectivity index (χ0) is 52.1. The van der Waals surface area contributed by atoms with Crippen LogP contribution in [0.5, 0.6) is 23.3 Å². The summed E-state index contributed by atoms with van der Waals surface area (Å²) in [7, 11) is 1.49. The number of halogens is 2. The van der Waals surface area contributed by atoms with Gasteiger partial charge in [0, 0.05) is 30.6 Å². The molecule has 0 saturated heterocycles. The van der Waals surface area contributed by atoms with E-state index < -0.39 is 18.6 Å². The molecule has 2 aliphatic carbocycles. The monoisotopic (exact) mass is 1040 g/mol. The van der Waals surface area contributed by atoms with Crippen molar-refractivity contribution in [3.05, 3.63) is 118 Å². The van der Waals surface area contributed by atoms with Gasteiger partial charge in [0.2, 0.25) is 17.7 Å². The fourth-order valence-corrected chi connectivity index (χ4v) is 8.26. The van der Waals surface area contributed by atoms with E-state index in [2.05, 4.69) is 49.1 Å². The van der Waals surface area contributed by atoms with Crippen LogP contribution in [0.15, 0.2) is 85.7 Å². The Balaban J connectivity index is 0.000000182. The average Bonchev–Trinajstić information content (AvgIpc) is 4.22. The highest BCUT2D eigenvalue weighted by Gasteiger charge is 2.42. The number of pyridine rings is 2. The van der Waals surface area contributed by atoms with Gasteiger partial charge in [-0.05, 0) is 125 Å². The molecule has 2 aliphatic rings. The smallest absolute Gasteiger partial charge is 0.407 e. The van der Waals surface area contributed by atoms with Gasteiger partial charge in [-0.2, -0.15) is 9.97 Å². The minimum Gasteiger partial charge on any atom is -0.492 e. The first-order valence-electron chi connectivity index (χ1n) is 23.9. The molecule has 10 rings (SSSR count). The molecule has 2 fully saturated rings. The van der Waals surface area contributed by atoms with Gasteiger partial charge in [-0.25, -0.2) is 24.7 Å². The molecule has 2 amide bonds. The minimum atomic E-state index is -1.01. The second-order valence-electron chi connectivity index (χ2n) is 18.7. The standard InChI is InChI=1S/2C26H27ClN6O4/c1-16-6-9-28-17(12-16)14-33-22(31-21-23(33)29-15-30-24(21)37-26(2)7-8-26)19-5-4-18(13-20(19)27)36-11-10-32(3)25(34)35;1-16-5-8-28-17(11-16)13-33-23(32-22-24(33)30-15-31-25(22)37-26(2)6-7-26)19-4-3-18(12-20(19)27)36-10-9-29-21(35)14-34/h4-6,9,12-13,15H,7-8,10-11,14H2,1-3H3,(H,34,35);3-5,8,11-12,15,34H,6-7,9-10,13-14H2,1-2H3,(H,29,35). The maximum absolute atomic E-state index is 11.2. The molecule has 0 unspecified atom stereocenters. The zero-order valence-corrected chi connectivity index (χ0v) is 42.9. The fraction of sp³-hybridized carbons (Fsp3) is 0.346. The molecule has 0 atom stereocenters. The number of carbonyl (C=O) groups is 2. The molecule has 6 aromatic heterocycles. The Morgan fingerprint density at radius 2 is 1.16 bits per heavy atom. The molecule has 0 radical (unpaired) electrons. The number of nitrogens with zero attached hydrogens (tertiary/aromatic N) is 11. The van der Waals surface area contributed by atoms with E-state index in [0.717, 1.165) is 53.1 Å². The number of hydrogen-bond donors (Lipinski definition) is 3. The Bertz CT molecular complexity index is 3360. The second kappa shape index (κ2) is 21.8. The number of aliphatic hydroxyl groups excluding tert-OH is 1. The summed E-state index contributed by atoms with van der Waals surface area (Å²) >= 11 is 13.4. The summed E-state index contributed by atoms with van der Waals surface area (Å²) in [6.45, 7) is 9.37. The number of aryl methyl sites for hydroxylation is 2. The number of carbonyl (C=O) groups excluding carboxylic acids is 1. The van der Waals surface area contributed by atoms with Crippen LogP contribution < -0.4 is 24.3 Å². The molecule has 8 aromatic rings. The molecule has 6 heterocycles. The van der Waals surface area contributed by atoms with Crippen molar-refractivity contribution < 1.29 is 38.7 Å². The van der Waals surface area contributed by atoms with Crippen LogP contribution in [0.4, 0.5) is 4.79 Å². The third-order valence-electron chi connectivity index (χ3n) is 12.4. The number of aromatic nitrogens is 10. The van der Waals surface area contributed by atoms with Gasteiger partial charge in [-0.3, -0.25) is 14.8 Å². The zero-order valence-electron chi connectivity index (χ0n) is 41.4. The SMILES string of the molecule is Cc1ccnc(Cn2c(-c3ccc(OCCN(C)C(=O)O)cc3Cl)nc3c(OC4(C)CC4)ncnc32)c1.Cc1ccnc(Cn2c(-c3ccc(OCCNC(=O)CO)cc3Cl)nc3c(OC4(C)CC4)ncnc32)c1. The van der Waals surface area contributed by atoms with Gasteiger partial charge in [0.25, 0.3) is 0 Å². The summed E-state index contributed by atoms with van der Waals surface area (Å²) in [6, 6.07) is 18.6. The lowest BCUT2D eigenvalue weighted by Crippen LogP contribution is -2.30. The molecular formula is C52H54Cl2N12O8. The van der Waals surface area contributed by atoms with Crippen LogP contribution in [0.1, 0.15) is 62.0 Å². The Kier molecular flexibility index (Phi) is 15.1. The van der Waals surface area contributed by atoms with Gasteiger partial charge in [0.05, 0.1) is 47.6 Å². The molecule has 0 spiro atoms. The van der Waals surface area contributed by atoms with Crippen LogP contribution in [-0.2, 0) is 17.9 Å². The predicted molar refractivity (Wildman–Crippen MR) is 276 cm³/mol. The largest absolute Gasteiger partial charge is 0.492 e. The molecule has 22 heteroatoms. The number of aliphatic hydroxyl groups is 1. The van der Waals surface area contributed by atoms with Crippen molar-refractivity contribution in [1.82, 2.24) is 59.2 Å². The van der Waals surface area contributed by atoms with E-state index in [-0.39, 0.29) is 37.5 Å². The number of benzene rings is 2. The fourth-order valence-electron chi connectivity index (χ4n) is 7.75. The molecule has 2 aromatic carbocycles. The van der Waals surface area contributed by atoms with Crippen molar-refractivity contribution >= 4 is 57.5 Å². The number of amides is 2. The van der Waals surface area contributed by atoms with Crippen molar-refractivity contribution in [1.29, 1.82) is 0 Å². The first kappa shape index (κ1) is 51.2. The quantitative estimate of drug-likeness (QED) is 0.0648. The van der Waals surface area contributed by atoms with Gasteiger partial charge >= 0.3 is 6.09 Å². The molecule has 20 nitrogen and oxygen atoms in total. The number of likely N-dealkylation sites (N-methyl/N-ethyl adjacent to an activating group) is 1. The number of carboxylic acid groups (broad SMARTS) is 1. The first-order chi connectivity index (χ1) is 35.6. The lowest BCUT2D eigenvalue weighted by atomic mass is 10.2. The van der Waals surface area contributed by atoms with E-state index in [1.54, 1.807) is 36.7 Å². The Morgan fingerprint density at radius 1 is 0.689 bits per heavy atom. The van der Waals surface area contributed by atoms with Gasteiger partial charge in [0.1, 0.15) is 66.8 Å². The molecule has 3 N–H and O–H groups in total. The van der Waals surface area contributed by atoms with Crippen LogP contribution in [0, 0.1) is 13.8 Å². The number of hydrogen-bond acceptors (Lipinski definition) is 15. The van der Waals surface area contributed by atoms with Crippen LogP contribution in [0.3, 0.4) is 0 Å². The summed E-state index contributed by atoms with van der Waals surface area (Å²) in [4.78, 5) is 60.0. The number of ether oxygens (including phenoxy) is 4. The number of fused-ring (bicyclic) bond motifs is 2. The Morgan fingerprint density at radius 3 is 1.58 bits per heavy atom. The highest BCUT2D eigenvalue weighted by atomic mass is 35.5. The third kappa shape index (κ3) is 12.2. The van der Waals surface area contributed by atoms with Crippen molar-refractivity contribution in [3.63, 3.8) is 0 Å². The van der Waals surface area contributed by atoms with Crippen molar-refractivity contribution in [2.24, 2.45) is 0 Å². The lowest BCUT2D eigenvalue weighted by molar-refractivity contribution is -0.123. The Hall–Kier alpha value is -7.68. The maximum atomic E-state index is 11.2. The van der Waals surface area contributed by atoms with E-state index in [1.807, 2.05) is 59.4 Å². The molecular weight excluding hydrogens is 992 g/mol. The highest BCUT2D eigenvalue weighted by molar-refractivity contribution is 6.33. The van der Waals surface area contributed by atoms with Gasteiger partial charge in [-0.1, -0.05) is 23.2 Å². The lowest BCUT2D eigenvalue weighted by Gasteiger charge is -2.14. The topological polar surface area (TPSA) is 240 Å². The maximum Gasteiger partial charge on any atom is 0.407 e. The van der Waals surface area contributed by atoms with E-state index in [1.165, 1.54) is 19.7 Å². The summed E-state index contributed by atoms with van der Waals surface area (Å²) in [5.74, 6) is 2.72. The van der Waals surface area contributed by atoms with Crippen molar-refractivity contribution in [3.8, 4) is 46.0 Å². The number of nitrogens with one attached hydrogen (secondary N) is 1. The number of rotatable bonds is 19. The molecule has 2 saturated carbocycles. The minimum absolute atomic E-state index is 0.199. The second-order valence-corrected chi connectivity index (χ2v) is 19.5. The van der Waals surface area contributed by atoms with E-state index in [4.69, 9.17) is 62.3 Å². The van der Waals surface area contributed by atoms with Crippen LogP contribution in [-0.4, -0.2) is 127 Å². The first-order valence-corrected chi connectivity index (χ1v) is 24.6. The van der Waals surface area contributed by atoms with Crippen LogP contribution >= 0.6 is 23.2 Å². The molecule has 384 valence electrons. The summed E-state index contributed by atoms with van der Waals surface area (Å²) < 4.78 is 27.7. The molecule has 74 heavy (non-hydrogen) atoms. The van der Waals surface area contributed by atoms with Gasteiger partial charge in [0.15, 0.2) is 22.3 Å². The number of imidazole rings is 2. The van der Waals surface area contributed by atoms with Crippen molar-refractivity contribution in [2.75, 3.05) is 40.0 Å². The Labute approximate surface area is 435 Å². The normalized spacial score (nSPS) is 13.9. The highest BCUT2D eigenvalue weighted by Crippen LogP contribution is 2.43. The average molecular weight is 1050 g/mol. The van der Waals surface area contributed by atoms with E-state index in [9.17, 15) is 9.59 Å². The summed E-state index contributed by atoms with van der Waals surface area (Å²) in [5.41, 5.74) is 7.22. The third-order valence-corrected chi connectivity index (χ3v) is 13.0. The molecule has 0 aliphatic heterocycles. The summed E-state index contributed by atoms with van der Waals surface area (Å²) in [5, 5.41) is 21.2.